The highest BCUT2D eigenvalue weighted by Crippen LogP contribution is 2.43. The monoisotopic (exact) mass is 1050 g/mol. The second-order valence-electron chi connectivity index (χ2n) is 18.3. The minimum atomic E-state index is -4.79. The summed E-state index contributed by atoms with van der Waals surface area (Å²) in [6.45, 7) is 4.24. The van der Waals surface area contributed by atoms with E-state index < -0.39 is 57.8 Å². The summed E-state index contributed by atoms with van der Waals surface area (Å²) in [5.41, 5.74) is 0. The molecule has 0 saturated carbocycles. The largest absolute Gasteiger partial charge is 0.472 e. The first-order valence-electron chi connectivity index (χ1n) is 28.4. The van der Waals surface area contributed by atoms with Gasteiger partial charge in [-0.3, -0.25) is 23.4 Å². The number of phosphoric ester groups is 1. The summed E-state index contributed by atoms with van der Waals surface area (Å²) in [6.07, 6.45) is 67.7. The van der Waals surface area contributed by atoms with Gasteiger partial charge >= 0.3 is 25.7 Å². The van der Waals surface area contributed by atoms with Gasteiger partial charge in [0, 0.05) is 19.3 Å². The lowest BCUT2D eigenvalue weighted by Gasteiger charge is -2.21. The maximum atomic E-state index is 12.9. The molecule has 12 heteroatoms. The van der Waals surface area contributed by atoms with Crippen LogP contribution in [0, 0.1) is 0 Å². The summed E-state index contributed by atoms with van der Waals surface area (Å²) in [5, 5.41) is 9.78. The van der Waals surface area contributed by atoms with Crippen LogP contribution in [0.1, 0.15) is 213 Å². The Morgan fingerprint density at radius 1 is 0.392 bits per heavy atom. The van der Waals surface area contributed by atoms with Crippen LogP contribution in [0.3, 0.4) is 0 Å². The van der Waals surface area contributed by atoms with E-state index in [1.54, 1.807) is 0 Å². The van der Waals surface area contributed by atoms with Crippen molar-refractivity contribution in [1.29, 1.82) is 0 Å². The van der Waals surface area contributed by atoms with E-state index in [9.17, 15) is 28.9 Å². The van der Waals surface area contributed by atoms with E-state index in [1.807, 2.05) is 30.4 Å². The molecule has 2 N–H and O–H groups in total. The summed E-state index contributed by atoms with van der Waals surface area (Å²) in [5.74, 6) is -1.66. The van der Waals surface area contributed by atoms with E-state index in [-0.39, 0.29) is 25.9 Å². The summed E-state index contributed by atoms with van der Waals surface area (Å²) in [7, 11) is -4.79. The van der Waals surface area contributed by atoms with Crippen molar-refractivity contribution in [2.24, 2.45) is 0 Å². The Balaban J connectivity index is 4.91. The van der Waals surface area contributed by atoms with Crippen LogP contribution in [0.5, 0.6) is 0 Å². The molecule has 0 amide bonds. The number of hydrogen-bond donors (Lipinski definition) is 2. The standard InChI is InChI=1S/C62H101O11P/c1-4-7-10-13-16-19-22-25-27-28-29-30-32-35-38-41-44-47-50-53-62(66)73-59(55-69-60(64)51-48-45-42-39-36-34-31-26-23-20-17-14-11-8-5-2)57-71-74(67,68)70-56-58(54-63)72-61(65)52-49-46-43-40-37-33-24-21-18-15-12-9-6-3/h7,9-10,12,16,18-19,21,25,27,29-30,33,35,37-38,43-44,46-47,58-59,63H,4-6,8,11,13-15,17,20,22-24,26,28,31-32,34,36,39-42,45,48-57H2,1-3H3,(H,67,68)/b10-7-,12-9-,19-16-,21-18-,27-25-,30-29-,37-33-,38-35-,46-43-,47-44-. The molecule has 0 saturated heterocycles. The molecule has 0 spiro atoms. The zero-order valence-electron chi connectivity index (χ0n) is 46.3. The number of esters is 3. The lowest BCUT2D eigenvalue weighted by atomic mass is 10.0. The van der Waals surface area contributed by atoms with Crippen molar-refractivity contribution in [2.75, 3.05) is 26.4 Å². The van der Waals surface area contributed by atoms with Crippen LogP contribution in [-0.4, -0.2) is 66.5 Å². The maximum absolute atomic E-state index is 12.9. The van der Waals surface area contributed by atoms with E-state index in [0.717, 1.165) is 77.0 Å². The number of phosphoric acid groups is 1. The summed E-state index contributed by atoms with van der Waals surface area (Å²) < 4.78 is 39.3. The molecule has 0 aliphatic heterocycles. The molecule has 0 rings (SSSR count). The molecule has 3 unspecified atom stereocenters. The van der Waals surface area contributed by atoms with Crippen LogP contribution in [0.25, 0.3) is 0 Å². The third-order valence-corrected chi connectivity index (χ3v) is 12.4. The van der Waals surface area contributed by atoms with E-state index in [0.29, 0.717) is 25.7 Å². The molecule has 0 aromatic carbocycles. The molecule has 0 aliphatic rings. The SMILES string of the molecule is CC/C=C\C/C=C\C/C=C\C/C=C\C/C=C\C/C=C\CCC(=O)OC(COC(=O)CCCCCCCCCCCCCCCCC)COP(=O)(O)OCC(CO)OC(=O)CC/C=C\C/C=C\C/C=C\C/C=C\CC. The molecule has 3 atom stereocenters. The average molecular weight is 1050 g/mol. The van der Waals surface area contributed by atoms with Crippen molar-refractivity contribution in [3.05, 3.63) is 122 Å². The molecule has 0 aromatic rings. The maximum Gasteiger partial charge on any atom is 0.472 e. The highest BCUT2D eigenvalue weighted by molar-refractivity contribution is 7.47. The highest BCUT2D eigenvalue weighted by Gasteiger charge is 2.28. The molecular formula is C62H101O11P. The van der Waals surface area contributed by atoms with Gasteiger partial charge in [0.15, 0.2) is 6.10 Å². The third-order valence-electron chi connectivity index (χ3n) is 11.4. The first-order valence-corrected chi connectivity index (χ1v) is 29.9. The fraction of sp³-hybridized carbons (Fsp3) is 0.629. The average Bonchev–Trinajstić information content (AvgIpc) is 3.39. The van der Waals surface area contributed by atoms with Crippen LogP contribution in [0.4, 0.5) is 0 Å². The second kappa shape index (κ2) is 55.1. The normalized spacial score (nSPS) is 14.3. The van der Waals surface area contributed by atoms with Gasteiger partial charge < -0.3 is 24.2 Å². The number of hydrogen-bond acceptors (Lipinski definition) is 10. The van der Waals surface area contributed by atoms with Gasteiger partial charge in [-0.1, -0.05) is 232 Å². The van der Waals surface area contributed by atoms with Crippen LogP contribution >= 0.6 is 7.82 Å². The second-order valence-corrected chi connectivity index (χ2v) is 19.8. The Kier molecular flexibility index (Phi) is 52.1. The molecule has 11 nitrogen and oxygen atoms in total. The molecule has 0 aliphatic carbocycles. The van der Waals surface area contributed by atoms with Crippen molar-refractivity contribution < 1.29 is 52.2 Å². The lowest BCUT2D eigenvalue weighted by molar-refractivity contribution is -0.161. The van der Waals surface area contributed by atoms with Gasteiger partial charge in [-0.05, 0) is 83.5 Å². The molecule has 0 heterocycles. The first kappa shape index (κ1) is 69.9. The van der Waals surface area contributed by atoms with Gasteiger partial charge in [-0.25, -0.2) is 4.57 Å². The topological polar surface area (TPSA) is 155 Å². The molecule has 0 bridgehead atoms. The van der Waals surface area contributed by atoms with Crippen LogP contribution < -0.4 is 0 Å². The quantitative estimate of drug-likeness (QED) is 0.0197. The number of rotatable bonds is 51. The predicted molar refractivity (Wildman–Crippen MR) is 306 cm³/mol. The Bertz CT molecular complexity index is 1700. The number of carbonyl (C=O) groups is 3. The number of carbonyl (C=O) groups excluding carboxylic acids is 3. The number of aliphatic hydroxyl groups is 1. The molecular weight excluding hydrogens is 952 g/mol. The van der Waals surface area contributed by atoms with Gasteiger partial charge in [-0.15, -0.1) is 0 Å². The number of unbranched alkanes of at least 4 members (excludes halogenated alkanes) is 14. The summed E-state index contributed by atoms with van der Waals surface area (Å²) in [4.78, 5) is 48.4. The number of ether oxygens (including phenoxy) is 3. The fourth-order valence-corrected chi connectivity index (χ4v) is 7.94. The minimum Gasteiger partial charge on any atom is -0.462 e. The third kappa shape index (κ3) is 52.7. The molecule has 0 fully saturated rings. The molecule has 74 heavy (non-hydrogen) atoms. The Morgan fingerprint density at radius 3 is 1.05 bits per heavy atom. The van der Waals surface area contributed by atoms with Gasteiger partial charge in [0.2, 0.25) is 0 Å². The predicted octanol–water partition coefficient (Wildman–Crippen LogP) is 16.8. The van der Waals surface area contributed by atoms with Gasteiger partial charge in [0.05, 0.1) is 19.8 Å². The van der Waals surface area contributed by atoms with Crippen molar-refractivity contribution in [1.82, 2.24) is 0 Å². The van der Waals surface area contributed by atoms with Crippen molar-refractivity contribution in [2.45, 2.75) is 226 Å². The Morgan fingerprint density at radius 2 is 0.703 bits per heavy atom. The van der Waals surface area contributed by atoms with E-state index >= 15 is 0 Å². The zero-order chi connectivity index (χ0) is 54.1. The molecule has 0 radical (unpaired) electrons. The van der Waals surface area contributed by atoms with Crippen LogP contribution in [0.15, 0.2) is 122 Å². The minimum absolute atomic E-state index is 0.0326. The van der Waals surface area contributed by atoms with Crippen LogP contribution in [0.2, 0.25) is 0 Å². The Hall–Kier alpha value is -4.12. The van der Waals surface area contributed by atoms with Crippen molar-refractivity contribution in [3.8, 4) is 0 Å². The first-order chi connectivity index (χ1) is 36.2. The fourth-order valence-electron chi connectivity index (χ4n) is 7.16. The highest BCUT2D eigenvalue weighted by atomic mass is 31.2. The van der Waals surface area contributed by atoms with Gasteiger partial charge in [-0.2, -0.15) is 0 Å². The van der Waals surface area contributed by atoms with Gasteiger partial charge in [0.25, 0.3) is 0 Å². The Labute approximate surface area is 449 Å². The number of aliphatic hydroxyl groups excluding tert-OH is 1. The molecule has 420 valence electrons. The van der Waals surface area contributed by atoms with E-state index in [1.165, 1.54) is 70.6 Å². The van der Waals surface area contributed by atoms with E-state index in [4.69, 9.17) is 23.3 Å². The number of allylic oxidation sites excluding steroid dienone is 20. The molecule has 0 aromatic heterocycles. The van der Waals surface area contributed by atoms with Crippen LogP contribution in [-0.2, 0) is 42.2 Å². The van der Waals surface area contributed by atoms with Crippen molar-refractivity contribution in [3.63, 3.8) is 0 Å². The summed E-state index contributed by atoms with van der Waals surface area (Å²) in [6, 6.07) is 0. The smallest absolute Gasteiger partial charge is 0.462 e. The zero-order valence-corrected chi connectivity index (χ0v) is 47.2. The lowest BCUT2D eigenvalue weighted by Crippen LogP contribution is -2.30. The summed E-state index contributed by atoms with van der Waals surface area (Å²) >= 11 is 0. The van der Waals surface area contributed by atoms with Gasteiger partial charge in [0.1, 0.15) is 12.7 Å². The van der Waals surface area contributed by atoms with Crippen molar-refractivity contribution >= 4 is 25.7 Å². The van der Waals surface area contributed by atoms with E-state index in [2.05, 4.69) is 112 Å².